The molecule has 3 rings (SSSR count). The summed E-state index contributed by atoms with van der Waals surface area (Å²) < 4.78 is 10.8. The lowest BCUT2D eigenvalue weighted by molar-refractivity contribution is 0.399. The van der Waals surface area contributed by atoms with Crippen LogP contribution >= 0.6 is 0 Å². The van der Waals surface area contributed by atoms with Gasteiger partial charge in [0.2, 0.25) is 0 Å². The van der Waals surface area contributed by atoms with Crippen molar-refractivity contribution in [3.05, 3.63) is 36.0 Å². The molecule has 0 aliphatic carbocycles. The van der Waals surface area contributed by atoms with Crippen molar-refractivity contribution < 1.29 is 9.26 Å². The van der Waals surface area contributed by atoms with Gasteiger partial charge in [-0.3, -0.25) is 0 Å². The lowest BCUT2D eigenvalue weighted by Gasteiger charge is -2.04. The Morgan fingerprint density at radius 1 is 1.39 bits per heavy atom. The standard InChI is InChI=1S/C14H16N2O2/c1-17-13-7-3-2-5-10(13)14-9-12(16-18-14)11-6-4-8-15-11/h2-3,5,7,9,11,15H,4,6,8H2,1H3. The van der Waals surface area contributed by atoms with Gasteiger partial charge in [-0.25, -0.2) is 0 Å². The number of nitrogens with zero attached hydrogens (tertiary/aromatic N) is 1. The van der Waals surface area contributed by atoms with Crippen molar-refractivity contribution >= 4 is 0 Å². The van der Waals surface area contributed by atoms with Gasteiger partial charge >= 0.3 is 0 Å². The van der Waals surface area contributed by atoms with E-state index in [1.165, 1.54) is 6.42 Å². The van der Waals surface area contributed by atoms with E-state index in [1.54, 1.807) is 7.11 Å². The number of hydrogen-bond acceptors (Lipinski definition) is 4. The first-order chi connectivity index (χ1) is 8.88. The molecule has 1 fully saturated rings. The summed E-state index contributed by atoms with van der Waals surface area (Å²) in [4.78, 5) is 0. The van der Waals surface area contributed by atoms with Crippen molar-refractivity contribution in [2.75, 3.05) is 13.7 Å². The third-order valence-electron chi connectivity index (χ3n) is 3.32. The molecule has 18 heavy (non-hydrogen) atoms. The largest absolute Gasteiger partial charge is 0.496 e. The topological polar surface area (TPSA) is 47.3 Å². The SMILES string of the molecule is COc1ccccc1-c1cc(C2CCCN2)no1. The Balaban J connectivity index is 1.92. The predicted octanol–water partition coefficient (Wildman–Crippen LogP) is 2.77. The summed E-state index contributed by atoms with van der Waals surface area (Å²) in [5, 5.41) is 7.57. The lowest BCUT2D eigenvalue weighted by atomic mass is 10.1. The average molecular weight is 244 g/mol. The van der Waals surface area contributed by atoms with Crippen LogP contribution in [-0.2, 0) is 0 Å². The minimum absolute atomic E-state index is 0.331. The van der Waals surface area contributed by atoms with Gasteiger partial charge in [0.1, 0.15) is 11.4 Å². The van der Waals surface area contributed by atoms with Gasteiger partial charge < -0.3 is 14.6 Å². The summed E-state index contributed by atoms with van der Waals surface area (Å²) >= 11 is 0. The van der Waals surface area contributed by atoms with E-state index in [2.05, 4.69) is 10.5 Å². The Labute approximate surface area is 106 Å². The van der Waals surface area contributed by atoms with E-state index in [4.69, 9.17) is 9.26 Å². The van der Waals surface area contributed by atoms with Gasteiger partial charge in [0.15, 0.2) is 5.76 Å². The molecule has 1 aromatic heterocycles. The first kappa shape index (κ1) is 11.3. The smallest absolute Gasteiger partial charge is 0.170 e. The van der Waals surface area contributed by atoms with Crippen LogP contribution in [0.25, 0.3) is 11.3 Å². The highest BCUT2D eigenvalue weighted by molar-refractivity contribution is 5.65. The molecule has 1 unspecified atom stereocenters. The van der Waals surface area contributed by atoms with E-state index < -0.39 is 0 Å². The molecule has 1 aliphatic rings. The fraction of sp³-hybridized carbons (Fsp3) is 0.357. The molecule has 4 nitrogen and oxygen atoms in total. The van der Waals surface area contributed by atoms with Crippen LogP contribution in [0.5, 0.6) is 5.75 Å². The van der Waals surface area contributed by atoms with E-state index in [1.807, 2.05) is 30.3 Å². The van der Waals surface area contributed by atoms with Crippen LogP contribution in [0.2, 0.25) is 0 Å². The fourth-order valence-corrected chi connectivity index (χ4v) is 2.37. The number of hydrogen-bond donors (Lipinski definition) is 1. The highest BCUT2D eigenvalue weighted by Crippen LogP contribution is 2.32. The summed E-state index contributed by atoms with van der Waals surface area (Å²) in [7, 11) is 1.66. The Bertz CT molecular complexity index is 530. The Hall–Kier alpha value is -1.81. The third kappa shape index (κ3) is 1.99. The number of rotatable bonds is 3. The van der Waals surface area contributed by atoms with Crippen LogP contribution in [0, 0.1) is 0 Å². The molecule has 1 atom stereocenters. The molecule has 0 amide bonds. The van der Waals surface area contributed by atoms with Crippen molar-refractivity contribution in [2.45, 2.75) is 18.9 Å². The van der Waals surface area contributed by atoms with Crippen molar-refractivity contribution in [3.63, 3.8) is 0 Å². The number of para-hydroxylation sites is 1. The van der Waals surface area contributed by atoms with Gasteiger partial charge in [0.25, 0.3) is 0 Å². The van der Waals surface area contributed by atoms with Crippen LogP contribution < -0.4 is 10.1 Å². The minimum Gasteiger partial charge on any atom is -0.496 e. The van der Waals surface area contributed by atoms with Crippen LogP contribution in [0.4, 0.5) is 0 Å². The van der Waals surface area contributed by atoms with E-state index in [0.29, 0.717) is 6.04 Å². The number of benzene rings is 1. The normalized spacial score (nSPS) is 19.1. The molecule has 4 heteroatoms. The highest BCUT2D eigenvalue weighted by Gasteiger charge is 2.21. The molecular formula is C14H16N2O2. The summed E-state index contributed by atoms with van der Waals surface area (Å²) in [6, 6.07) is 10.1. The van der Waals surface area contributed by atoms with Crippen molar-refractivity contribution in [2.24, 2.45) is 0 Å². The van der Waals surface area contributed by atoms with Gasteiger partial charge in [0.05, 0.1) is 18.7 Å². The van der Waals surface area contributed by atoms with Crippen LogP contribution in [0.1, 0.15) is 24.6 Å². The number of aromatic nitrogens is 1. The maximum absolute atomic E-state index is 5.44. The number of methoxy groups -OCH3 is 1. The summed E-state index contributed by atoms with van der Waals surface area (Å²) in [5.74, 6) is 1.57. The molecule has 1 saturated heterocycles. The highest BCUT2D eigenvalue weighted by atomic mass is 16.5. The van der Waals surface area contributed by atoms with Gasteiger partial charge in [-0.05, 0) is 31.5 Å². The van der Waals surface area contributed by atoms with Gasteiger partial charge in [-0.1, -0.05) is 17.3 Å². The van der Waals surface area contributed by atoms with E-state index in [0.717, 1.165) is 35.7 Å². The Morgan fingerprint density at radius 2 is 2.28 bits per heavy atom. The molecule has 2 aromatic rings. The second kappa shape index (κ2) is 4.82. The number of ether oxygens (including phenoxy) is 1. The van der Waals surface area contributed by atoms with E-state index in [9.17, 15) is 0 Å². The van der Waals surface area contributed by atoms with Crippen molar-refractivity contribution in [3.8, 4) is 17.1 Å². The molecule has 0 bridgehead atoms. The zero-order valence-corrected chi connectivity index (χ0v) is 10.3. The van der Waals surface area contributed by atoms with E-state index >= 15 is 0 Å². The quantitative estimate of drug-likeness (QED) is 0.901. The third-order valence-corrected chi connectivity index (χ3v) is 3.32. The molecule has 0 saturated carbocycles. The van der Waals surface area contributed by atoms with Crippen LogP contribution in [0.3, 0.4) is 0 Å². The Kier molecular flexibility index (Phi) is 3.02. The molecule has 1 aliphatic heterocycles. The minimum atomic E-state index is 0.331. The zero-order chi connectivity index (χ0) is 12.4. The van der Waals surface area contributed by atoms with Gasteiger partial charge in [0, 0.05) is 6.07 Å². The first-order valence-electron chi connectivity index (χ1n) is 6.22. The van der Waals surface area contributed by atoms with Gasteiger partial charge in [-0.2, -0.15) is 0 Å². The molecule has 0 radical (unpaired) electrons. The maximum atomic E-state index is 5.44. The second-order valence-electron chi connectivity index (χ2n) is 4.47. The monoisotopic (exact) mass is 244 g/mol. The molecule has 1 aromatic carbocycles. The molecular weight excluding hydrogens is 228 g/mol. The van der Waals surface area contributed by atoms with Crippen LogP contribution in [-0.4, -0.2) is 18.8 Å². The average Bonchev–Trinajstić information content (AvgIpc) is 3.09. The van der Waals surface area contributed by atoms with Crippen molar-refractivity contribution in [1.29, 1.82) is 0 Å². The van der Waals surface area contributed by atoms with E-state index in [-0.39, 0.29) is 0 Å². The van der Waals surface area contributed by atoms with Crippen molar-refractivity contribution in [1.82, 2.24) is 10.5 Å². The lowest BCUT2D eigenvalue weighted by Crippen LogP contribution is -2.12. The molecule has 1 N–H and O–H groups in total. The predicted molar refractivity (Wildman–Crippen MR) is 68.5 cm³/mol. The van der Waals surface area contributed by atoms with Gasteiger partial charge in [-0.15, -0.1) is 0 Å². The zero-order valence-electron chi connectivity index (χ0n) is 10.3. The molecule has 0 spiro atoms. The second-order valence-corrected chi connectivity index (χ2v) is 4.47. The maximum Gasteiger partial charge on any atom is 0.170 e. The fourth-order valence-electron chi connectivity index (χ4n) is 2.37. The molecule has 94 valence electrons. The summed E-state index contributed by atoms with van der Waals surface area (Å²) in [5.41, 5.74) is 1.92. The molecule has 2 heterocycles. The Morgan fingerprint density at radius 3 is 3.06 bits per heavy atom. The first-order valence-corrected chi connectivity index (χ1v) is 6.22. The van der Waals surface area contributed by atoms with Crippen LogP contribution in [0.15, 0.2) is 34.9 Å². The summed E-state index contributed by atoms with van der Waals surface area (Å²) in [6.45, 7) is 1.06. The number of nitrogens with one attached hydrogen (secondary N) is 1. The summed E-state index contributed by atoms with van der Waals surface area (Å²) in [6.07, 6.45) is 2.32.